The van der Waals surface area contributed by atoms with Crippen LogP contribution in [0.1, 0.15) is 27.2 Å². The van der Waals surface area contributed by atoms with Crippen LogP contribution in [-0.2, 0) is 14.3 Å². The number of thiophene rings is 1. The Balaban J connectivity index is 1.20. The summed E-state index contributed by atoms with van der Waals surface area (Å²) in [6, 6.07) is 9.93. The zero-order valence-corrected chi connectivity index (χ0v) is 25.7. The van der Waals surface area contributed by atoms with E-state index in [1.807, 2.05) is 6.08 Å². The summed E-state index contributed by atoms with van der Waals surface area (Å²) in [7, 11) is 0. The van der Waals surface area contributed by atoms with Crippen molar-refractivity contribution in [2.24, 2.45) is 0 Å². The van der Waals surface area contributed by atoms with Crippen molar-refractivity contribution in [3.63, 3.8) is 0 Å². The van der Waals surface area contributed by atoms with E-state index in [4.69, 9.17) is 17.0 Å². The maximum atomic E-state index is 13.7. The number of halogens is 2. The summed E-state index contributed by atoms with van der Waals surface area (Å²) in [6.45, 7) is 3.66. The molecule has 0 unspecified atom stereocenters. The largest absolute Gasteiger partial charge is 0.478 e. The van der Waals surface area contributed by atoms with Crippen LogP contribution >= 0.6 is 35.3 Å². The monoisotopic (exact) mass is 655 g/mol. The molecule has 2 aromatic carbocycles. The standard InChI is InChI=1S/C31H27F2N3O5S3/c32-24-5-3-19(16-25(24)33)22-15-23(43-18-22)17-27-29(38)36(31(42)44-27)9-7-28(37)34-26-6-4-21(30(39)40)14-20(26)2-1-8-35-10-12-41-13-11-35/h1-6,14-18H,7-13H2,(H,34,37)(H,39,40). The maximum Gasteiger partial charge on any atom is 0.335 e. The number of morpholine rings is 1. The fourth-order valence-electron chi connectivity index (χ4n) is 4.56. The van der Waals surface area contributed by atoms with Gasteiger partial charge in [0, 0.05) is 43.2 Å². The van der Waals surface area contributed by atoms with Crippen LogP contribution in [0.4, 0.5) is 14.5 Å². The highest BCUT2D eigenvalue weighted by molar-refractivity contribution is 8.26. The molecule has 2 aliphatic rings. The number of benzene rings is 2. The predicted molar refractivity (Wildman–Crippen MR) is 172 cm³/mol. The first-order chi connectivity index (χ1) is 21.2. The molecule has 2 saturated heterocycles. The molecule has 0 saturated carbocycles. The Morgan fingerprint density at radius 2 is 1.86 bits per heavy atom. The van der Waals surface area contributed by atoms with E-state index in [2.05, 4.69) is 10.2 Å². The van der Waals surface area contributed by atoms with Gasteiger partial charge in [0.2, 0.25) is 5.91 Å². The molecular weight excluding hydrogens is 629 g/mol. The number of hydrogen-bond acceptors (Lipinski definition) is 8. The number of nitrogens with one attached hydrogen (secondary N) is 1. The number of thiocarbonyl (C=S) groups is 1. The summed E-state index contributed by atoms with van der Waals surface area (Å²) in [4.78, 5) is 42.3. The van der Waals surface area contributed by atoms with Crippen molar-refractivity contribution in [3.8, 4) is 11.1 Å². The first-order valence-electron chi connectivity index (χ1n) is 13.6. The van der Waals surface area contributed by atoms with E-state index < -0.39 is 17.6 Å². The molecule has 0 radical (unpaired) electrons. The van der Waals surface area contributed by atoms with Gasteiger partial charge in [0.1, 0.15) is 4.32 Å². The number of aromatic carboxylic acids is 1. The third-order valence-corrected chi connectivity index (χ3v) is 9.18. The molecule has 3 heterocycles. The number of carboxylic acids is 1. The molecule has 2 aliphatic heterocycles. The van der Waals surface area contributed by atoms with Crippen LogP contribution in [0, 0.1) is 11.6 Å². The summed E-state index contributed by atoms with van der Waals surface area (Å²) in [5.41, 5.74) is 2.32. The molecule has 228 valence electrons. The number of anilines is 1. The van der Waals surface area contributed by atoms with Gasteiger partial charge in [-0.15, -0.1) is 11.3 Å². The Kier molecular flexibility index (Phi) is 10.3. The van der Waals surface area contributed by atoms with Gasteiger partial charge in [-0.2, -0.15) is 0 Å². The normalized spacial score (nSPS) is 16.8. The maximum absolute atomic E-state index is 13.7. The highest BCUT2D eigenvalue weighted by atomic mass is 32.2. The van der Waals surface area contributed by atoms with Crippen LogP contribution in [0.3, 0.4) is 0 Å². The van der Waals surface area contributed by atoms with Crippen LogP contribution in [0.2, 0.25) is 0 Å². The lowest BCUT2D eigenvalue weighted by atomic mass is 10.1. The van der Waals surface area contributed by atoms with Crippen molar-refractivity contribution in [2.75, 3.05) is 44.7 Å². The third-order valence-electron chi connectivity index (χ3n) is 6.92. The minimum atomic E-state index is -1.07. The smallest absolute Gasteiger partial charge is 0.335 e. The lowest BCUT2D eigenvalue weighted by Gasteiger charge is -2.25. The molecule has 44 heavy (non-hydrogen) atoms. The van der Waals surface area contributed by atoms with Gasteiger partial charge in [-0.25, -0.2) is 13.6 Å². The van der Waals surface area contributed by atoms with Crippen LogP contribution in [0.25, 0.3) is 23.3 Å². The number of amides is 2. The molecule has 1 aromatic heterocycles. The molecule has 8 nitrogen and oxygen atoms in total. The summed E-state index contributed by atoms with van der Waals surface area (Å²) in [5, 5.41) is 14.1. The number of thioether (sulfide) groups is 1. The van der Waals surface area contributed by atoms with E-state index >= 15 is 0 Å². The molecule has 2 amide bonds. The van der Waals surface area contributed by atoms with E-state index in [1.165, 1.54) is 34.4 Å². The average Bonchev–Trinajstić information content (AvgIpc) is 3.58. The summed E-state index contributed by atoms with van der Waals surface area (Å²) < 4.78 is 32.6. The van der Waals surface area contributed by atoms with Crippen LogP contribution in [0.15, 0.2) is 58.8 Å². The van der Waals surface area contributed by atoms with Crippen molar-refractivity contribution < 1.29 is 33.0 Å². The fraction of sp³-hybridized carbons (Fsp3) is 0.226. The Morgan fingerprint density at radius 1 is 1.07 bits per heavy atom. The molecule has 2 fully saturated rings. The number of carbonyl (C=O) groups is 3. The second-order valence-electron chi connectivity index (χ2n) is 9.92. The van der Waals surface area contributed by atoms with Gasteiger partial charge in [0.05, 0.1) is 23.7 Å². The molecule has 3 aromatic rings. The number of ether oxygens (including phenoxy) is 1. The first kappa shape index (κ1) is 31.7. The number of nitrogens with zero attached hydrogens (tertiary/aromatic N) is 2. The van der Waals surface area contributed by atoms with Gasteiger partial charge < -0.3 is 15.2 Å². The number of hydrogen-bond donors (Lipinski definition) is 2. The SMILES string of the molecule is O=C(CCN1C(=O)C(=Cc2cc(-c3ccc(F)c(F)c3)cs2)SC1=S)Nc1ccc(C(=O)O)cc1C=CCN1CCOCC1. The van der Waals surface area contributed by atoms with Gasteiger partial charge in [-0.1, -0.05) is 42.2 Å². The molecule has 0 spiro atoms. The lowest BCUT2D eigenvalue weighted by Crippen LogP contribution is -2.36. The van der Waals surface area contributed by atoms with Crippen LogP contribution < -0.4 is 5.32 Å². The summed E-state index contributed by atoms with van der Waals surface area (Å²) in [6.07, 6.45) is 5.36. The van der Waals surface area contributed by atoms with Gasteiger partial charge in [-0.05, 0) is 64.5 Å². The minimum absolute atomic E-state index is 0.0311. The molecule has 0 aliphatic carbocycles. The lowest BCUT2D eigenvalue weighted by molar-refractivity contribution is -0.122. The van der Waals surface area contributed by atoms with Crippen molar-refractivity contribution in [2.45, 2.75) is 6.42 Å². The van der Waals surface area contributed by atoms with E-state index in [-0.39, 0.29) is 30.3 Å². The molecule has 0 atom stereocenters. The van der Waals surface area contributed by atoms with Gasteiger partial charge >= 0.3 is 5.97 Å². The Morgan fingerprint density at radius 3 is 2.61 bits per heavy atom. The van der Waals surface area contributed by atoms with Crippen molar-refractivity contribution in [3.05, 3.63) is 86.5 Å². The zero-order chi connectivity index (χ0) is 31.2. The highest BCUT2D eigenvalue weighted by Gasteiger charge is 2.32. The second kappa shape index (κ2) is 14.4. The molecule has 2 N–H and O–H groups in total. The van der Waals surface area contributed by atoms with Crippen molar-refractivity contribution >= 4 is 75.3 Å². The zero-order valence-electron chi connectivity index (χ0n) is 23.3. The third kappa shape index (κ3) is 7.85. The van der Waals surface area contributed by atoms with Crippen molar-refractivity contribution in [1.82, 2.24) is 9.80 Å². The van der Waals surface area contributed by atoms with Crippen LogP contribution in [-0.4, -0.2) is 76.4 Å². The van der Waals surface area contributed by atoms with E-state index in [1.54, 1.807) is 29.7 Å². The summed E-state index contributed by atoms with van der Waals surface area (Å²) in [5.74, 6) is -3.61. The second-order valence-corrected chi connectivity index (χ2v) is 12.5. The van der Waals surface area contributed by atoms with E-state index in [0.717, 1.165) is 41.9 Å². The quantitative estimate of drug-likeness (QED) is 0.204. The molecule has 0 bridgehead atoms. The van der Waals surface area contributed by atoms with Crippen LogP contribution in [0.5, 0.6) is 0 Å². The molecular formula is C31H27F2N3O5S3. The Bertz CT molecular complexity index is 1670. The first-order valence-corrected chi connectivity index (χ1v) is 15.7. The number of carbonyl (C=O) groups excluding carboxylic acids is 2. The Hall–Kier alpha value is -3.75. The average molecular weight is 656 g/mol. The molecule has 13 heteroatoms. The molecule has 5 rings (SSSR count). The van der Waals surface area contributed by atoms with Gasteiger partial charge in [0.25, 0.3) is 5.91 Å². The predicted octanol–water partition coefficient (Wildman–Crippen LogP) is 5.97. The van der Waals surface area contributed by atoms with E-state index in [9.17, 15) is 28.3 Å². The van der Waals surface area contributed by atoms with Crippen molar-refractivity contribution in [1.29, 1.82) is 0 Å². The Labute approximate surface area is 266 Å². The topological polar surface area (TPSA) is 99.2 Å². The van der Waals surface area contributed by atoms with Gasteiger partial charge in [0.15, 0.2) is 11.6 Å². The minimum Gasteiger partial charge on any atom is -0.478 e. The summed E-state index contributed by atoms with van der Waals surface area (Å²) >= 11 is 7.88. The number of rotatable bonds is 10. The number of carboxylic acid groups (broad SMARTS) is 1. The highest BCUT2D eigenvalue weighted by Crippen LogP contribution is 2.35. The van der Waals surface area contributed by atoms with Gasteiger partial charge in [-0.3, -0.25) is 19.4 Å². The fourth-order valence-corrected chi connectivity index (χ4v) is 6.79. The van der Waals surface area contributed by atoms with E-state index in [0.29, 0.717) is 51.4 Å².